The highest BCUT2D eigenvalue weighted by molar-refractivity contribution is 9.10. The summed E-state index contributed by atoms with van der Waals surface area (Å²) >= 11 is 3.51. The number of benzene rings is 2. The van der Waals surface area contributed by atoms with Crippen LogP contribution in [0.25, 0.3) is 11.0 Å². The highest BCUT2D eigenvalue weighted by Gasteiger charge is 2.42. The van der Waals surface area contributed by atoms with Crippen molar-refractivity contribution in [3.8, 4) is 0 Å². The molecule has 6 heteroatoms. The molecule has 150 valence electrons. The molecule has 0 aliphatic carbocycles. The first kappa shape index (κ1) is 19.9. The zero-order valence-corrected chi connectivity index (χ0v) is 18.3. The van der Waals surface area contributed by atoms with Gasteiger partial charge in [-0.05, 0) is 55.9 Å². The first-order chi connectivity index (χ1) is 13.9. The van der Waals surface area contributed by atoms with E-state index in [9.17, 15) is 9.59 Å². The summed E-state index contributed by atoms with van der Waals surface area (Å²) in [6.07, 6.45) is 0.829. The summed E-state index contributed by atoms with van der Waals surface area (Å²) in [6.45, 7) is 3.24. The molecule has 0 saturated heterocycles. The highest BCUT2D eigenvalue weighted by Crippen LogP contribution is 2.38. The number of hydrogen-bond acceptors (Lipinski definition) is 4. The van der Waals surface area contributed by atoms with Gasteiger partial charge in [-0.15, -0.1) is 0 Å². The van der Waals surface area contributed by atoms with Crippen molar-refractivity contribution in [2.75, 3.05) is 27.2 Å². The van der Waals surface area contributed by atoms with Gasteiger partial charge in [0.25, 0.3) is 5.91 Å². The molecule has 0 fully saturated rings. The molecule has 1 atom stereocenters. The molecule has 1 amide bonds. The maximum Gasteiger partial charge on any atom is 0.290 e. The molecule has 29 heavy (non-hydrogen) atoms. The topological polar surface area (TPSA) is 53.8 Å². The summed E-state index contributed by atoms with van der Waals surface area (Å²) in [7, 11) is 3.93. The molecule has 1 aromatic heterocycles. The normalized spacial score (nSPS) is 16.1. The molecule has 0 radical (unpaired) electrons. The molecule has 1 aliphatic rings. The van der Waals surface area contributed by atoms with Gasteiger partial charge >= 0.3 is 0 Å². The van der Waals surface area contributed by atoms with Crippen molar-refractivity contribution in [2.24, 2.45) is 0 Å². The van der Waals surface area contributed by atoms with Crippen LogP contribution in [0.3, 0.4) is 0 Å². The lowest BCUT2D eigenvalue weighted by Gasteiger charge is -2.26. The van der Waals surface area contributed by atoms with Crippen LogP contribution in [0.2, 0.25) is 0 Å². The lowest BCUT2D eigenvalue weighted by Crippen LogP contribution is -2.35. The number of rotatable bonds is 5. The molecule has 0 saturated carbocycles. The second-order valence-electron chi connectivity index (χ2n) is 7.62. The van der Waals surface area contributed by atoms with E-state index in [4.69, 9.17) is 4.42 Å². The van der Waals surface area contributed by atoms with Crippen LogP contribution in [0, 0.1) is 0 Å². The van der Waals surface area contributed by atoms with E-state index in [1.807, 2.05) is 62.3 Å². The van der Waals surface area contributed by atoms with E-state index >= 15 is 0 Å². The average Bonchev–Trinajstić information content (AvgIpc) is 2.98. The SMILES string of the molecule is CCc1ccc2oc3c(c(=O)c2c1)C(c1cccc(Br)c1)N(CCN(C)C)C3=O. The van der Waals surface area contributed by atoms with Gasteiger partial charge in [0.15, 0.2) is 5.43 Å². The van der Waals surface area contributed by atoms with Gasteiger partial charge in [0.2, 0.25) is 5.76 Å². The molecular weight excluding hydrogens is 432 g/mol. The predicted octanol–water partition coefficient (Wildman–Crippen LogP) is 4.22. The molecule has 2 heterocycles. The van der Waals surface area contributed by atoms with Crippen LogP contribution < -0.4 is 5.43 Å². The van der Waals surface area contributed by atoms with Crippen molar-refractivity contribution in [2.45, 2.75) is 19.4 Å². The zero-order valence-electron chi connectivity index (χ0n) is 16.7. The Bertz CT molecular complexity index is 1150. The monoisotopic (exact) mass is 454 g/mol. The van der Waals surface area contributed by atoms with Gasteiger partial charge in [0.1, 0.15) is 5.58 Å². The van der Waals surface area contributed by atoms with Crippen LogP contribution in [-0.2, 0) is 6.42 Å². The fourth-order valence-electron chi connectivity index (χ4n) is 3.85. The summed E-state index contributed by atoms with van der Waals surface area (Å²) in [6, 6.07) is 12.9. The molecule has 0 spiro atoms. The summed E-state index contributed by atoms with van der Waals surface area (Å²) < 4.78 is 6.90. The van der Waals surface area contributed by atoms with Crippen molar-refractivity contribution in [3.63, 3.8) is 0 Å². The average molecular weight is 455 g/mol. The van der Waals surface area contributed by atoms with Crippen LogP contribution in [0.15, 0.2) is 56.1 Å². The van der Waals surface area contributed by atoms with Crippen LogP contribution in [0.1, 0.15) is 40.2 Å². The maximum atomic E-state index is 13.5. The number of aryl methyl sites for hydroxylation is 1. The summed E-state index contributed by atoms with van der Waals surface area (Å²) in [5.74, 6) is -0.0686. The third kappa shape index (κ3) is 3.51. The van der Waals surface area contributed by atoms with Gasteiger partial charge in [-0.2, -0.15) is 0 Å². The van der Waals surface area contributed by atoms with Gasteiger partial charge in [0, 0.05) is 17.6 Å². The summed E-state index contributed by atoms with van der Waals surface area (Å²) in [4.78, 5) is 30.6. The minimum Gasteiger partial charge on any atom is -0.450 e. The van der Waals surface area contributed by atoms with Crippen molar-refractivity contribution in [3.05, 3.63) is 79.6 Å². The van der Waals surface area contributed by atoms with Gasteiger partial charge in [-0.25, -0.2) is 0 Å². The van der Waals surface area contributed by atoms with Crippen LogP contribution >= 0.6 is 15.9 Å². The fraction of sp³-hybridized carbons (Fsp3) is 0.304. The lowest BCUT2D eigenvalue weighted by atomic mass is 9.98. The van der Waals surface area contributed by atoms with Crippen molar-refractivity contribution < 1.29 is 9.21 Å². The minimum absolute atomic E-state index is 0.123. The molecule has 5 nitrogen and oxygen atoms in total. The summed E-state index contributed by atoms with van der Waals surface area (Å²) in [5.41, 5.74) is 2.73. The second kappa shape index (κ2) is 7.76. The molecule has 0 bridgehead atoms. The Morgan fingerprint density at radius 1 is 1.14 bits per heavy atom. The first-order valence-electron chi connectivity index (χ1n) is 9.71. The number of hydrogen-bond donors (Lipinski definition) is 0. The van der Waals surface area contributed by atoms with E-state index in [0.717, 1.165) is 22.0 Å². The maximum absolute atomic E-state index is 13.5. The third-order valence-corrected chi connectivity index (χ3v) is 5.88. The first-order valence-corrected chi connectivity index (χ1v) is 10.5. The molecule has 0 N–H and O–H groups in total. The van der Waals surface area contributed by atoms with Gasteiger partial charge in [-0.1, -0.05) is 41.1 Å². The van der Waals surface area contributed by atoms with Gasteiger partial charge < -0.3 is 14.2 Å². The van der Waals surface area contributed by atoms with Crippen LogP contribution in [0.5, 0.6) is 0 Å². The number of carbonyl (C=O) groups excluding carboxylic acids is 1. The largest absolute Gasteiger partial charge is 0.450 e. The number of fused-ring (bicyclic) bond motifs is 2. The Morgan fingerprint density at radius 2 is 1.93 bits per heavy atom. The smallest absolute Gasteiger partial charge is 0.290 e. The van der Waals surface area contributed by atoms with Crippen LogP contribution in [-0.4, -0.2) is 42.9 Å². The molecule has 3 aromatic rings. The van der Waals surface area contributed by atoms with E-state index in [2.05, 4.69) is 15.9 Å². The Balaban J connectivity index is 1.95. The van der Waals surface area contributed by atoms with Crippen LogP contribution in [0.4, 0.5) is 0 Å². The Hall–Kier alpha value is -2.44. The molecule has 1 unspecified atom stereocenters. The lowest BCUT2D eigenvalue weighted by molar-refractivity contribution is 0.0716. The van der Waals surface area contributed by atoms with E-state index in [-0.39, 0.29) is 17.1 Å². The Labute approximate surface area is 178 Å². The van der Waals surface area contributed by atoms with E-state index in [1.54, 1.807) is 11.0 Å². The Kier molecular flexibility index (Phi) is 5.32. The minimum atomic E-state index is -0.458. The van der Waals surface area contributed by atoms with E-state index < -0.39 is 6.04 Å². The highest BCUT2D eigenvalue weighted by atomic mass is 79.9. The van der Waals surface area contributed by atoms with Gasteiger partial charge in [-0.3, -0.25) is 9.59 Å². The molecule has 4 rings (SSSR count). The molecule has 2 aromatic carbocycles. The standard InChI is InChI=1S/C23H23BrN2O3/c1-4-14-8-9-18-17(12-14)21(27)19-20(15-6-5-7-16(24)13-15)26(11-10-25(2)3)23(28)22(19)29-18/h5-9,12-13,20H,4,10-11H2,1-3H3. The molecule has 1 aliphatic heterocycles. The summed E-state index contributed by atoms with van der Waals surface area (Å²) in [5, 5.41) is 0.533. The van der Waals surface area contributed by atoms with E-state index in [0.29, 0.717) is 29.6 Å². The number of likely N-dealkylation sites (N-methyl/N-ethyl adjacent to an activating group) is 1. The molecular formula is C23H23BrN2O3. The number of amides is 1. The van der Waals surface area contributed by atoms with E-state index in [1.165, 1.54) is 0 Å². The van der Waals surface area contributed by atoms with Crippen molar-refractivity contribution in [1.82, 2.24) is 9.80 Å². The van der Waals surface area contributed by atoms with Crippen molar-refractivity contribution in [1.29, 1.82) is 0 Å². The van der Waals surface area contributed by atoms with Gasteiger partial charge in [0.05, 0.1) is 17.0 Å². The second-order valence-corrected chi connectivity index (χ2v) is 8.53. The number of carbonyl (C=O) groups is 1. The Morgan fingerprint density at radius 3 is 2.62 bits per heavy atom. The van der Waals surface area contributed by atoms with Crippen molar-refractivity contribution >= 4 is 32.8 Å². The number of nitrogens with zero attached hydrogens (tertiary/aromatic N) is 2. The predicted molar refractivity (Wildman–Crippen MR) is 117 cm³/mol. The number of halogens is 1. The third-order valence-electron chi connectivity index (χ3n) is 5.39. The fourth-order valence-corrected chi connectivity index (χ4v) is 4.27. The zero-order chi connectivity index (χ0) is 20.7. The quantitative estimate of drug-likeness (QED) is 0.578.